The van der Waals surface area contributed by atoms with Crippen LogP contribution in [0.4, 0.5) is 0 Å². The minimum Gasteiger partial charge on any atom is -0.496 e. The summed E-state index contributed by atoms with van der Waals surface area (Å²) >= 11 is 3.40. The monoisotopic (exact) mass is 546 g/mol. The van der Waals surface area contributed by atoms with Gasteiger partial charge in [0.05, 0.1) is 19.8 Å². The van der Waals surface area contributed by atoms with Gasteiger partial charge in [-0.2, -0.15) is 0 Å². The van der Waals surface area contributed by atoms with Crippen molar-refractivity contribution in [3.05, 3.63) is 58.7 Å². The summed E-state index contributed by atoms with van der Waals surface area (Å²) in [5.74, 6) is -0.151. The lowest BCUT2D eigenvalue weighted by molar-refractivity contribution is 0.0593. The molecule has 0 spiro atoms. The highest BCUT2D eigenvalue weighted by atomic mass is 79.9. The SMILES string of the molecule is CCCCCCCCCC(C)(C)c1cc(C(=O)Oc2cc(CBr)ccc2C(=O)OC)ccc1OC. The second-order valence-corrected chi connectivity index (χ2v) is 10.1. The maximum Gasteiger partial charge on any atom is 0.343 e. The van der Waals surface area contributed by atoms with Gasteiger partial charge in [-0.05, 0) is 47.7 Å². The van der Waals surface area contributed by atoms with E-state index in [-0.39, 0.29) is 16.7 Å². The summed E-state index contributed by atoms with van der Waals surface area (Å²) < 4.78 is 16.2. The standard InChI is InChI=1S/C29H39BrO5/c1-6-7-8-9-10-11-12-17-29(2,3)24-19-22(14-16-25(24)33-4)27(31)35-26-18-21(20-30)13-15-23(26)28(32)34-5/h13-16,18-19H,6-12,17,20H2,1-5H3. The number of hydrogen-bond acceptors (Lipinski definition) is 5. The maximum atomic E-state index is 13.1. The predicted molar refractivity (Wildman–Crippen MR) is 144 cm³/mol. The van der Waals surface area contributed by atoms with E-state index >= 15 is 0 Å². The average Bonchev–Trinajstić information content (AvgIpc) is 2.87. The Morgan fingerprint density at radius 2 is 1.54 bits per heavy atom. The molecule has 0 heterocycles. The number of esters is 2. The number of alkyl halides is 1. The van der Waals surface area contributed by atoms with Crippen LogP contribution in [0.2, 0.25) is 0 Å². The summed E-state index contributed by atoms with van der Waals surface area (Å²) in [5.41, 5.74) is 2.31. The van der Waals surface area contributed by atoms with Crippen LogP contribution in [0.15, 0.2) is 36.4 Å². The van der Waals surface area contributed by atoms with E-state index in [4.69, 9.17) is 14.2 Å². The van der Waals surface area contributed by atoms with E-state index in [2.05, 4.69) is 36.7 Å². The highest BCUT2D eigenvalue weighted by Gasteiger charge is 2.26. The van der Waals surface area contributed by atoms with Gasteiger partial charge >= 0.3 is 11.9 Å². The Morgan fingerprint density at radius 3 is 2.17 bits per heavy atom. The van der Waals surface area contributed by atoms with E-state index in [1.807, 2.05) is 12.1 Å². The normalized spacial score (nSPS) is 11.3. The Kier molecular flexibility index (Phi) is 11.8. The topological polar surface area (TPSA) is 61.8 Å². The summed E-state index contributed by atoms with van der Waals surface area (Å²) in [6.07, 6.45) is 9.77. The Hall–Kier alpha value is -2.34. The number of carbonyl (C=O) groups excluding carboxylic acids is 2. The zero-order valence-corrected chi connectivity index (χ0v) is 23.3. The zero-order valence-electron chi connectivity index (χ0n) is 21.7. The summed E-state index contributed by atoms with van der Waals surface area (Å²) in [7, 11) is 2.95. The molecular formula is C29H39BrO5. The van der Waals surface area contributed by atoms with E-state index in [1.54, 1.807) is 31.4 Å². The highest BCUT2D eigenvalue weighted by Crippen LogP contribution is 2.37. The molecule has 0 atom stereocenters. The van der Waals surface area contributed by atoms with Gasteiger partial charge in [0.2, 0.25) is 0 Å². The molecule has 0 fully saturated rings. The molecule has 5 nitrogen and oxygen atoms in total. The van der Waals surface area contributed by atoms with Crippen LogP contribution in [0.25, 0.3) is 0 Å². The van der Waals surface area contributed by atoms with Crippen LogP contribution in [-0.2, 0) is 15.5 Å². The van der Waals surface area contributed by atoms with Crippen molar-refractivity contribution in [2.45, 2.75) is 82.9 Å². The summed E-state index contributed by atoms with van der Waals surface area (Å²) in [6, 6.07) is 10.4. The van der Waals surface area contributed by atoms with Crippen LogP contribution >= 0.6 is 15.9 Å². The lowest BCUT2D eigenvalue weighted by atomic mass is 9.78. The molecular weight excluding hydrogens is 508 g/mol. The number of carbonyl (C=O) groups is 2. The molecule has 0 aliphatic heterocycles. The average molecular weight is 548 g/mol. The molecule has 6 heteroatoms. The molecule has 0 aliphatic carbocycles. The minimum absolute atomic E-state index is 0.169. The molecule has 2 aromatic rings. The van der Waals surface area contributed by atoms with E-state index in [9.17, 15) is 9.59 Å². The second-order valence-electron chi connectivity index (χ2n) is 9.52. The van der Waals surface area contributed by atoms with Gasteiger partial charge in [0.15, 0.2) is 0 Å². The fraction of sp³-hybridized carbons (Fsp3) is 0.517. The Labute approximate surface area is 218 Å². The molecule has 35 heavy (non-hydrogen) atoms. The van der Waals surface area contributed by atoms with Crippen molar-refractivity contribution in [3.8, 4) is 11.5 Å². The summed E-state index contributed by atoms with van der Waals surface area (Å²) in [4.78, 5) is 25.3. The van der Waals surface area contributed by atoms with Crippen molar-refractivity contribution in [1.82, 2.24) is 0 Å². The van der Waals surface area contributed by atoms with E-state index in [1.165, 1.54) is 45.6 Å². The molecule has 0 saturated carbocycles. The molecule has 2 rings (SSSR count). The number of benzene rings is 2. The quantitative estimate of drug-likeness (QED) is 0.104. The smallest absolute Gasteiger partial charge is 0.343 e. The Balaban J connectivity index is 2.20. The van der Waals surface area contributed by atoms with Gasteiger partial charge < -0.3 is 14.2 Å². The Bertz CT molecular complexity index is 983. The molecule has 0 unspecified atom stereocenters. The number of rotatable bonds is 14. The third kappa shape index (κ3) is 8.38. The van der Waals surface area contributed by atoms with Gasteiger partial charge in [0.25, 0.3) is 0 Å². The van der Waals surface area contributed by atoms with Crippen LogP contribution in [0.3, 0.4) is 0 Å². The lowest BCUT2D eigenvalue weighted by Crippen LogP contribution is -2.20. The molecule has 2 aromatic carbocycles. The summed E-state index contributed by atoms with van der Waals surface area (Å²) in [6.45, 7) is 6.61. The van der Waals surface area contributed by atoms with E-state index in [0.717, 1.165) is 29.7 Å². The van der Waals surface area contributed by atoms with Gasteiger partial charge in [-0.1, -0.05) is 87.7 Å². The number of unbranched alkanes of at least 4 members (excludes halogenated alkanes) is 6. The van der Waals surface area contributed by atoms with Crippen molar-refractivity contribution in [2.24, 2.45) is 0 Å². The van der Waals surface area contributed by atoms with Crippen molar-refractivity contribution in [3.63, 3.8) is 0 Å². The summed E-state index contributed by atoms with van der Waals surface area (Å²) in [5, 5.41) is 0.568. The van der Waals surface area contributed by atoms with E-state index in [0.29, 0.717) is 10.9 Å². The van der Waals surface area contributed by atoms with E-state index < -0.39 is 11.9 Å². The van der Waals surface area contributed by atoms with Crippen LogP contribution in [0.1, 0.15) is 104 Å². The largest absolute Gasteiger partial charge is 0.496 e. The first kappa shape index (κ1) is 28.9. The molecule has 0 amide bonds. The molecule has 192 valence electrons. The number of halogens is 1. The zero-order chi connectivity index (χ0) is 25.8. The van der Waals surface area contributed by atoms with Crippen molar-refractivity contribution >= 4 is 27.9 Å². The van der Waals surface area contributed by atoms with Crippen LogP contribution in [0, 0.1) is 0 Å². The number of methoxy groups -OCH3 is 2. The molecule has 0 radical (unpaired) electrons. The second kappa shape index (κ2) is 14.3. The lowest BCUT2D eigenvalue weighted by Gasteiger charge is -2.28. The predicted octanol–water partition coefficient (Wildman–Crippen LogP) is 8.01. The fourth-order valence-electron chi connectivity index (χ4n) is 4.19. The number of hydrogen-bond donors (Lipinski definition) is 0. The van der Waals surface area contributed by atoms with Crippen LogP contribution in [-0.4, -0.2) is 26.2 Å². The highest BCUT2D eigenvalue weighted by molar-refractivity contribution is 9.08. The molecule has 0 aliphatic rings. The van der Waals surface area contributed by atoms with Crippen LogP contribution in [0.5, 0.6) is 11.5 Å². The van der Waals surface area contributed by atoms with Crippen molar-refractivity contribution < 1.29 is 23.8 Å². The molecule has 0 saturated heterocycles. The van der Waals surface area contributed by atoms with Gasteiger partial charge in [-0.25, -0.2) is 9.59 Å². The first-order valence-corrected chi connectivity index (χ1v) is 13.6. The minimum atomic E-state index is -0.555. The van der Waals surface area contributed by atoms with Gasteiger partial charge in [0, 0.05) is 10.9 Å². The third-order valence-electron chi connectivity index (χ3n) is 6.38. The van der Waals surface area contributed by atoms with Gasteiger partial charge in [-0.15, -0.1) is 0 Å². The number of ether oxygens (including phenoxy) is 3. The molecule has 0 bridgehead atoms. The van der Waals surface area contributed by atoms with Gasteiger partial charge in [-0.3, -0.25) is 0 Å². The third-order valence-corrected chi connectivity index (χ3v) is 7.03. The first-order chi connectivity index (χ1) is 16.8. The molecule has 0 N–H and O–H groups in total. The Morgan fingerprint density at radius 1 is 0.857 bits per heavy atom. The molecule has 0 aromatic heterocycles. The maximum absolute atomic E-state index is 13.1. The van der Waals surface area contributed by atoms with Crippen LogP contribution < -0.4 is 9.47 Å². The van der Waals surface area contributed by atoms with Crippen molar-refractivity contribution in [1.29, 1.82) is 0 Å². The van der Waals surface area contributed by atoms with Crippen molar-refractivity contribution in [2.75, 3.05) is 14.2 Å². The van der Waals surface area contributed by atoms with Gasteiger partial charge in [0.1, 0.15) is 17.1 Å². The first-order valence-electron chi connectivity index (χ1n) is 12.4. The fourth-order valence-corrected chi connectivity index (χ4v) is 4.54.